The van der Waals surface area contributed by atoms with Gasteiger partial charge in [0.2, 0.25) is 0 Å². The number of fused-ring (bicyclic) bond motifs is 2. The normalized spacial score (nSPS) is 25.0. The average molecular weight is 877 g/mol. The summed E-state index contributed by atoms with van der Waals surface area (Å²) in [5, 5.41) is 11.5. The molecule has 4 aliphatic rings. The third-order valence-electron chi connectivity index (χ3n) is 14.6. The molecule has 2 aromatic carbocycles. The van der Waals surface area contributed by atoms with Gasteiger partial charge in [0.1, 0.15) is 11.5 Å². The first kappa shape index (κ1) is 47.7. The van der Waals surface area contributed by atoms with E-state index in [2.05, 4.69) is 99.9 Å². The fraction of sp³-hybridized carbons (Fsp3) is 0.630. The second-order valence-corrected chi connectivity index (χ2v) is 21.5. The van der Waals surface area contributed by atoms with Gasteiger partial charge in [-0.05, 0) is 168 Å². The monoisotopic (exact) mass is 877 g/mol. The number of esters is 1. The van der Waals surface area contributed by atoms with Gasteiger partial charge in [0.05, 0.1) is 53.1 Å². The van der Waals surface area contributed by atoms with Gasteiger partial charge in [0.15, 0.2) is 0 Å². The third-order valence-corrected chi connectivity index (χ3v) is 14.6. The quantitative estimate of drug-likeness (QED) is 0.146. The maximum Gasteiger partial charge on any atom is 0.310 e. The van der Waals surface area contributed by atoms with E-state index in [-0.39, 0.29) is 17.8 Å². The summed E-state index contributed by atoms with van der Waals surface area (Å²) in [5.41, 5.74) is 4.78. The van der Waals surface area contributed by atoms with Gasteiger partial charge in [0, 0.05) is 37.0 Å². The molecule has 2 aliphatic heterocycles. The topological polar surface area (TPSA) is 114 Å². The zero-order chi connectivity index (χ0) is 45.4. The van der Waals surface area contributed by atoms with Crippen LogP contribution in [0.15, 0.2) is 60.7 Å². The Hall–Kier alpha value is -4.28. The van der Waals surface area contributed by atoms with Crippen molar-refractivity contribution in [2.45, 2.75) is 151 Å². The number of ether oxygens (including phenoxy) is 3. The molecule has 4 fully saturated rings. The number of likely N-dealkylation sites (tertiary alicyclic amines) is 2. The van der Waals surface area contributed by atoms with Crippen LogP contribution in [0.25, 0.3) is 21.8 Å². The lowest BCUT2D eigenvalue weighted by molar-refractivity contribution is -0.150. The summed E-state index contributed by atoms with van der Waals surface area (Å²) >= 11 is 0. The van der Waals surface area contributed by atoms with E-state index in [1.807, 2.05) is 19.1 Å². The van der Waals surface area contributed by atoms with Crippen molar-refractivity contribution < 1.29 is 28.9 Å². The fourth-order valence-corrected chi connectivity index (χ4v) is 10.6. The van der Waals surface area contributed by atoms with Crippen LogP contribution in [0.3, 0.4) is 0 Å². The van der Waals surface area contributed by atoms with E-state index in [9.17, 15) is 14.7 Å². The van der Waals surface area contributed by atoms with Gasteiger partial charge in [-0.2, -0.15) is 0 Å². The number of rotatable bonds is 11. The van der Waals surface area contributed by atoms with Crippen LogP contribution in [-0.4, -0.2) is 81.8 Å². The van der Waals surface area contributed by atoms with Crippen LogP contribution in [0.1, 0.15) is 137 Å². The number of aromatic nitrogens is 2. The molecule has 1 N–H and O–H groups in total. The van der Waals surface area contributed by atoms with E-state index < -0.39 is 5.97 Å². The van der Waals surface area contributed by atoms with Gasteiger partial charge >= 0.3 is 11.9 Å². The van der Waals surface area contributed by atoms with E-state index >= 15 is 0 Å². The highest BCUT2D eigenvalue weighted by Gasteiger charge is 2.32. The van der Waals surface area contributed by atoms with Gasteiger partial charge in [0.25, 0.3) is 0 Å². The number of benzene rings is 2. The Morgan fingerprint density at radius 3 is 1.47 bits per heavy atom. The number of hydrogen-bond donors (Lipinski definition) is 1. The predicted octanol–water partition coefficient (Wildman–Crippen LogP) is 11.5. The maximum absolute atomic E-state index is 12.1. The lowest BCUT2D eigenvalue weighted by atomic mass is 9.72. The third kappa shape index (κ3) is 13.2. The molecule has 0 spiro atoms. The van der Waals surface area contributed by atoms with Gasteiger partial charge in [-0.1, -0.05) is 53.7 Å². The van der Waals surface area contributed by atoms with Crippen LogP contribution in [0.4, 0.5) is 0 Å². The molecule has 10 heteroatoms. The van der Waals surface area contributed by atoms with E-state index in [1.165, 1.54) is 25.7 Å². The van der Waals surface area contributed by atoms with Crippen LogP contribution in [0.5, 0.6) is 11.5 Å². The number of carboxylic acids is 1. The molecule has 4 aromatic rings. The molecule has 64 heavy (non-hydrogen) atoms. The molecule has 2 saturated heterocycles. The fourth-order valence-electron chi connectivity index (χ4n) is 10.6. The minimum absolute atomic E-state index is 0.0164. The largest absolute Gasteiger partial charge is 0.490 e. The maximum atomic E-state index is 12.1. The molecule has 2 saturated carbocycles. The second-order valence-electron chi connectivity index (χ2n) is 21.5. The Balaban J connectivity index is 0.000000192. The number of piperidine rings is 2. The van der Waals surface area contributed by atoms with Crippen molar-refractivity contribution in [3.05, 3.63) is 72.1 Å². The molecule has 0 radical (unpaired) electrons. The highest BCUT2D eigenvalue weighted by Crippen LogP contribution is 2.40. The number of carboxylic acid groups (broad SMARTS) is 1. The zero-order valence-electron chi connectivity index (χ0n) is 39.9. The van der Waals surface area contributed by atoms with Crippen molar-refractivity contribution in [1.82, 2.24) is 19.8 Å². The van der Waals surface area contributed by atoms with Gasteiger partial charge in [-0.15, -0.1) is 0 Å². The molecule has 0 bridgehead atoms. The van der Waals surface area contributed by atoms with Crippen molar-refractivity contribution in [2.75, 3.05) is 32.8 Å². The Kier molecular flexibility index (Phi) is 15.9. The first-order chi connectivity index (χ1) is 30.6. The molecule has 2 atom stereocenters. The summed E-state index contributed by atoms with van der Waals surface area (Å²) in [6.07, 6.45) is 13.8. The lowest BCUT2D eigenvalue weighted by Crippen LogP contribution is -2.39. The highest BCUT2D eigenvalue weighted by atomic mass is 16.5. The summed E-state index contributed by atoms with van der Waals surface area (Å²) in [6.45, 7) is 21.2. The van der Waals surface area contributed by atoms with Crippen molar-refractivity contribution in [3.63, 3.8) is 0 Å². The Morgan fingerprint density at radius 1 is 0.609 bits per heavy atom. The number of carbonyl (C=O) groups excluding carboxylic acids is 1. The van der Waals surface area contributed by atoms with Crippen molar-refractivity contribution in [2.24, 2.45) is 34.5 Å². The first-order valence-electron chi connectivity index (χ1n) is 24.6. The van der Waals surface area contributed by atoms with Crippen LogP contribution in [0, 0.1) is 34.5 Å². The summed E-state index contributed by atoms with van der Waals surface area (Å²) < 4.78 is 17.9. The molecule has 2 aliphatic carbocycles. The molecular weight excluding hydrogens is 801 g/mol. The zero-order valence-corrected chi connectivity index (χ0v) is 39.9. The van der Waals surface area contributed by atoms with Crippen molar-refractivity contribution in [1.29, 1.82) is 0 Å². The average Bonchev–Trinajstić information content (AvgIpc) is 3.27. The minimum atomic E-state index is -0.685. The molecule has 4 heterocycles. The molecule has 10 nitrogen and oxygen atoms in total. The van der Waals surface area contributed by atoms with E-state index in [1.54, 1.807) is 0 Å². The lowest BCUT2D eigenvalue weighted by Gasteiger charge is -2.37. The Labute approximate surface area is 382 Å². The van der Waals surface area contributed by atoms with Gasteiger partial charge < -0.3 is 19.3 Å². The van der Waals surface area contributed by atoms with E-state index in [0.29, 0.717) is 42.7 Å². The van der Waals surface area contributed by atoms with E-state index in [4.69, 9.17) is 24.2 Å². The molecule has 2 aromatic heterocycles. The predicted molar refractivity (Wildman–Crippen MR) is 255 cm³/mol. The SMILES string of the molecule is CC(C)(C)C1CCC(Oc2ccc3nc(CN4CCCC(C(=O)O)C4)ccc3c2)CC1.CCOC(=O)C1CCCN(Cc2ccc3cc(OC4CCC(C(C)(C)C)CC4)ccc3n2)C1. The Bertz CT molecular complexity index is 2160. The van der Waals surface area contributed by atoms with Crippen LogP contribution < -0.4 is 9.47 Å². The van der Waals surface area contributed by atoms with Gasteiger partial charge in [-0.25, -0.2) is 0 Å². The Morgan fingerprint density at radius 2 is 1.05 bits per heavy atom. The summed E-state index contributed by atoms with van der Waals surface area (Å²) in [7, 11) is 0. The van der Waals surface area contributed by atoms with Crippen molar-refractivity contribution >= 4 is 33.7 Å². The standard InChI is InChI=1S/C28H40N2O3.C26H36N2O3/c1-5-32-27(31)21-7-6-16-30(18-21)19-23-11-8-20-17-25(14-15-26(20)29-23)33-24-12-9-22(10-13-24)28(2,3)4;1-26(2,3)20-7-10-22(11-8-20)31-23-12-13-24-18(15-23)6-9-21(27-24)17-28-14-4-5-19(16-28)25(29)30/h8,11,14-15,17,21-22,24H,5-7,9-10,12-13,16,18-19H2,1-4H3;6,9,12-13,15,19-20,22H,4-5,7-8,10-11,14,16-17H2,1-3H3,(H,29,30). The van der Waals surface area contributed by atoms with Crippen molar-refractivity contribution in [3.8, 4) is 11.5 Å². The number of aliphatic carboxylic acids is 1. The molecule has 0 amide bonds. The summed E-state index contributed by atoms with van der Waals surface area (Å²) in [5.74, 6) is 2.45. The summed E-state index contributed by atoms with van der Waals surface area (Å²) in [6, 6.07) is 20.9. The number of hydrogen-bond acceptors (Lipinski definition) is 9. The number of pyridine rings is 2. The number of nitrogens with zero attached hydrogens (tertiary/aromatic N) is 4. The van der Waals surface area contributed by atoms with Crippen LogP contribution >= 0.6 is 0 Å². The van der Waals surface area contributed by atoms with E-state index in [0.717, 1.165) is 134 Å². The van der Waals surface area contributed by atoms with Crippen LogP contribution in [0.2, 0.25) is 0 Å². The minimum Gasteiger partial charge on any atom is -0.490 e. The molecule has 348 valence electrons. The number of carbonyl (C=O) groups is 2. The molecular formula is C54H76N4O6. The first-order valence-corrected chi connectivity index (χ1v) is 24.6. The molecule has 8 rings (SSSR count). The molecule has 2 unspecified atom stereocenters. The second kappa shape index (κ2) is 21.4. The highest BCUT2D eigenvalue weighted by molar-refractivity contribution is 5.81. The van der Waals surface area contributed by atoms with Crippen LogP contribution in [-0.2, 0) is 27.4 Å². The summed E-state index contributed by atoms with van der Waals surface area (Å²) in [4.78, 5) is 37.7. The van der Waals surface area contributed by atoms with Gasteiger partial charge in [-0.3, -0.25) is 29.4 Å². The smallest absolute Gasteiger partial charge is 0.310 e.